The normalized spacial score (nSPS) is 14.6. The smallest absolute Gasteiger partial charge is 0.450 e. The number of furan rings is 1. The molecule has 0 saturated heterocycles. The minimum Gasteiger partial charge on any atom is -0.545 e. The van der Waals surface area contributed by atoms with Gasteiger partial charge >= 0.3 is 6.18 Å². The Balaban J connectivity index is 1.58. The van der Waals surface area contributed by atoms with Crippen molar-refractivity contribution in [3.05, 3.63) is 76.7 Å². The third-order valence-corrected chi connectivity index (χ3v) is 4.84. The molecule has 0 aliphatic carbocycles. The van der Waals surface area contributed by atoms with E-state index < -0.39 is 23.5 Å². The molecular formula is C21H16F3N2O3-. The van der Waals surface area contributed by atoms with Crippen molar-refractivity contribution < 1.29 is 27.5 Å². The fourth-order valence-corrected chi connectivity index (χ4v) is 3.47. The first-order chi connectivity index (χ1) is 13.8. The molecule has 0 spiro atoms. The minimum atomic E-state index is -4.93. The van der Waals surface area contributed by atoms with E-state index in [2.05, 4.69) is 22.0 Å². The number of carboxylic acids is 1. The van der Waals surface area contributed by atoms with Crippen LogP contribution in [0.4, 0.5) is 13.2 Å². The maximum atomic E-state index is 13.0. The quantitative estimate of drug-likeness (QED) is 0.671. The summed E-state index contributed by atoms with van der Waals surface area (Å²) < 4.78 is 43.9. The molecule has 1 aliphatic rings. The molecule has 3 heterocycles. The Morgan fingerprint density at radius 1 is 1.17 bits per heavy atom. The summed E-state index contributed by atoms with van der Waals surface area (Å²) in [4.78, 5) is 17.7. The first-order valence-electron chi connectivity index (χ1n) is 8.99. The number of halogens is 3. The van der Waals surface area contributed by atoms with Crippen molar-refractivity contribution >= 4 is 5.97 Å². The van der Waals surface area contributed by atoms with Crippen molar-refractivity contribution in [3.8, 4) is 11.5 Å². The van der Waals surface area contributed by atoms with Crippen LogP contribution in [-0.2, 0) is 25.7 Å². The number of rotatable bonds is 4. The molecule has 5 nitrogen and oxygen atoms in total. The van der Waals surface area contributed by atoms with E-state index in [4.69, 9.17) is 4.42 Å². The largest absolute Gasteiger partial charge is 0.545 e. The Morgan fingerprint density at radius 2 is 1.93 bits per heavy atom. The summed E-state index contributed by atoms with van der Waals surface area (Å²) in [6, 6.07) is 14.2. The van der Waals surface area contributed by atoms with Crippen LogP contribution in [0.3, 0.4) is 0 Å². The second kappa shape index (κ2) is 7.36. The lowest BCUT2D eigenvalue weighted by molar-refractivity contribution is -0.256. The van der Waals surface area contributed by atoms with E-state index in [0.717, 1.165) is 30.4 Å². The Hall–Kier alpha value is -3.13. The third kappa shape index (κ3) is 4.02. The van der Waals surface area contributed by atoms with E-state index in [1.165, 1.54) is 5.56 Å². The van der Waals surface area contributed by atoms with E-state index >= 15 is 0 Å². The molecule has 4 rings (SSSR count). The zero-order valence-corrected chi connectivity index (χ0v) is 15.2. The number of aromatic carboxylic acids is 1. The lowest BCUT2D eigenvalue weighted by Crippen LogP contribution is -2.30. The molecule has 0 N–H and O–H groups in total. The number of fused-ring (bicyclic) bond motifs is 1. The second-order valence-corrected chi connectivity index (χ2v) is 6.89. The number of benzene rings is 1. The molecule has 0 radical (unpaired) electrons. The second-order valence-electron chi connectivity index (χ2n) is 6.89. The number of carboxylic acid groups (broad SMARTS) is 1. The third-order valence-electron chi connectivity index (χ3n) is 4.84. The molecule has 0 atom stereocenters. The van der Waals surface area contributed by atoms with Crippen LogP contribution < -0.4 is 5.11 Å². The summed E-state index contributed by atoms with van der Waals surface area (Å²) in [7, 11) is 0. The molecule has 150 valence electrons. The summed E-state index contributed by atoms with van der Waals surface area (Å²) in [6.45, 7) is 2.23. The van der Waals surface area contributed by atoms with Gasteiger partial charge in [0.15, 0.2) is 5.76 Å². The van der Waals surface area contributed by atoms with Crippen LogP contribution in [0.1, 0.15) is 32.9 Å². The van der Waals surface area contributed by atoms with Gasteiger partial charge in [-0.05, 0) is 23.3 Å². The highest BCUT2D eigenvalue weighted by Crippen LogP contribution is 2.37. The molecule has 29 heavy (non-hydrogen) atoms. The number of carbonyl (C=O) groups excluding carboxylic acids is 1. The van der Waals surface area contributed by atoms with Gasteiger partial charge in [-0.2, -0.15) is 13.2 Å². The minimum absolute atomic E-state index is 0.165. The zero-order chi connectivity index (χ0) is 20.6. The molecule has 1 aromatic carbocycles. The van der Waals surface area contributed by atoms with E-state index in [0.29, 0.717) is 13.0 Å². The Kier molecular flexibility index (Phi) is 4.87. The van der Waals surface area contributed by atoms with Crippen molar-refractivity contribution in [3.63, 3.8) is 0 Å². The predicted molar refractivity (Wildman–Crippen MR) is 95.5 cm³/mol. The Labute approximate surface area is 164 Å². The monoisotopic (exact) mass is 401 g/mol. The molecule has 0 bridgehead atoms. The van der Waals surface area contributed by atoms with Crippen LogP contribution in [0, 0.1) is 0 Å². The average molecular weight is 401 g/mol. The molecule has 0 fully saturated rings. The van der Waals surface area contributed by atoms with Crippen molar-refractivity contribution in [1.29, 1.82) is 0 Å². The highest BCUT2D eigenvalue weighted by atomic mass is 19.4. The highest BCUT2D eigenvalue weighted by molar-refractivity contribution is 5.88. The van der Waals surface area contributed by atoms with E-state index in [1.54, 1.807) is 12.1 Å². The van der Waals surface area contributed by atoms with Gasteiger partial charge in [0.1, 0.15) is 5.69 Å². The number of nitrogens with zero attached hydrogens (tertiary/aromatic N) is 2. The molecule has 3 aromatic rings. The van der Waals surface area contributed by atoms with Crippen LogP contribution in [0.2, 0.25) is 0 Å². The molecule has 8 heteroatoms. The molecule has 1 aliphatic heterocycles. The zero-order valence-electron chi connectivity index (χ0n) is 15.2. The van der Waals surface area contributed by atoms with Crippen molar-refractivity contribution in [2.75, 3.05) is 6.54 Å². The number of carbonyl (C=O) groups is 1. The molecule has 0 saturated carbocycles. The summed E-state index contributed by atoms with van der Waals surface area (Å²) in [5.41, 5.74) is 2.09. The van der Waals surface area contributed by atoms with Gasteiger partial charge in [0.05, 0.1) is 5.97 Å². The summed E-state index contributed by atoms with van der Waals surface area (Å²) >= 11 is 0. The average Bonchev–Trinajstić information content (AvgIpc) is 3.15. The van der Waals surface area contributed by atoms with Gasteiger partial charge in [0, 0.05) is 37.3 Å². The van der Waals surface area contributed by atoms with Gasteiger partial charge in [-0.3, -0.25) is 4.90 Å². The summed E-state index contributed by atoms with van der Waals surface area (Å²) in [6.07, 6.45) is -4.30. The van der Waals surface area contributed by atoms with Crippen molar-refractivity contribution in [1.82, 2.24) is 9.88 Å². The number of hydrogen-bond donors (Lipinski definition) is 0. The number of aromatic nitrogens is 1. The van der Waals surface area contributed by atoms with Crippen LogP contribution in [0.25, 0.3) is 11.5 Å². The van der Waals surface area contributed by atoms with E-state index in [9.17, 15) is 23.1 Å². The van der Waals surface area contributed by atoms with Crippen LogP contribution >= 0.6 is 0 Å². The van der Waals surface area contributed by atoms with Crippen LogP contribution in [-0.4, -0.2) is 22.4 Å². The van der Waals surface area contributed by atoms with Gasteiger partial charge in [-0.25, -0.2) is 4.98 Å². The number of alkyl halides is 3. The van der Waals surface area contributed by atoms with Gasteiger partial charge in [-0.1, -0.05) is 36.4 Å². The van der Waals surface area contributed by atoms with E-state index in [-0.39, 0.29) is 11.5 Å². The standard InChI is InChI=1S/C21H17F3N2O3/c22-21(23,24)19-15(20(27)28)10-18(29-19)17-7-6-14-12-26(9-8-16(14)25-17)11-13-4-2-1-3-5-13/h1-7,10H,8-9,11-12H2,(H,27,28)/p-1. The van der Waals surface area contributed by atoms with Crippen molar-refractivity contribution in [2.45, 2.75) is 25.7 Å². The van der Waals surface area contributed by atoms with Crippen LogP contribution in [0.15, 0.2) is 52.9 Å². The number of pyridine rings is 1. The fraction of sp³-hybridized carbons (Fsp3) is 0.238. The van der Waals surface area contributed by atoms with Gasteiger partial charge in [0.25, 0.3) is 0 Å². The lowest BCUT2D eigenvalue weighted by Gasteiger charge is -2.28. The summed E-state index contributed by atoms with van der Waals surface area (Å²) in [5, 5.41) is 11.0. The number of hydrogen-bond acceptors (Lipinski definition) is 5. The molecule has 2 aromatic heterocycles. The Bertz CT molecular complexity index is 1050. The maximum absolute atomic E-state index is 13.0. The first-order valence-corrected chi connectivity index (χ1v) is 8.99. The van der Waals surface area contributed by atoms with Gasteiger partial charge in [-0.15, -0.1) is 0 Å². The molecule has 0 unspecified atom stereocenters. The highest BCUT2D eigenvalue weighted by Gasteiger charge is 2.39. The van der Waals surface area contributed by atoms with Crippen molar-refractivity contribution in [2.24, 2.45) is 0 Å². The van der Waals surface area contributed by atoms with Gasteiger partial charge in [0.2, 0.25) is 5.76 Å². The molecular weight excluding hydrogens is 385 g/mol. The first kappa shape index (κ1) is 19.2. The predicted octanol–water partition coefficient (Wildman–Crippen LogP) is 3.28. The SMILES string of the molecule is O=C([O-])c1cc(-c2ccc3c(n2)CCN(Cc2ccccc2)C3)oc1C(F)(F)F. The topological polar surface area (TPSA) is 69.4 Å². The van der Waals surface area contributed by atoms with Gasteiger partial charge < -0.3 is 14.3 Å². The maximum Gasteiger partial charge on any atom is 0.450 e. The fourth-order valence-electron chi connectivity index (χ4n) is 3.47. The van der Waals surface area contributed by atoms with E-state index in [1.807, 2.05) is 18.2 Å². The lowest BCUT2D eigenvalue weighted by atomic mass is 10.0. The molecule has 0 amide bonds. The Morgan fingerprint density at radius 3 is 2.59 bits per heavy atom. The van der Waals surface area contributed by atoms with Crippen LogP contribution in [0.5, 0.6) is 0 Å². The summed E-state index contributed by atoms with van der Waals surface area (Å²) in [5.74, 6) is -3.77.